The highest BCUT2D eigenvalue weighted by molar-refractivity contribution is 5.73. The number of nitrogens with one attached hydrogen (secondary N) is 2. The fraction of sp³-hybridized carbons (Fsp3) is 0.389. The predicted octanol–water partition coefficient (Wildman–Crippen LogP) is 2.57. The number of hydrogen-bond donors (Lipinski definition) is 2. The number of ether oxygens (including phenoxy) is 1. The molecule has 2 N–H and O–H groups in total. The molecule has 2 aromatic rings. The normalized spacial score (nSPS) is 12.0. The highest BCUT2D eigenvalue weighted by Gasteiger charge is 2.17. The van der Waals surface area contributed by atoms with E-state index in [0.29, 0.717) is 19.7 Å². The van der Waals surface area contributed by atoms with Gasteiger partial charge in [0.2, 0.25) is 0 Å². The van der Waals surface area contributed by atoms with Crippen LogP contribution in [0.3, 0.4) is 0 Å². The highest BCUT2D eigenvalue weighted by atomic mass is 16.5. The van der Waals surface area contributed by atoms with E-state index in [1.807, 2.05) is 62.3 Å². The number of hydrogen-bond acceptors (Lipinski definition) is 4. The maximum absolute atomic E-state index is 11.9. The van der Waals surface area contributed by atoms with Crippen molar-refractivity contribution >= 4 is 6.03 Å². The minimum atomic E-state index is -0.221. The molecule has 2 amide bonds. The van der Waals surface area contributed by atoms with E-state index in [-0.39, 0.29) is 12.1 Å². The number of nitrogens with zero attached hydrogens (tertiary/aromatic N) is 1. The van der Waals surface area contributed by atoms with E-state index in [1.54, 1.807) is 6.26 Å². The SMILES string of the molecule is Cc1cccc(OCCNC(=O)NCC(c2ccco2)N(C)C)c1. The van der Waals surface area contributed by atoms with Gasteiger partial charge in [0.05, 0.1) is 18.8 Å². The second-order valence-electron chi connectivity index (χ2n) is 5.80. The molecule has 1 aromatic carbocycles. The van der Waals surface area contributed by atoms with Crippen LogP contribution in [0.4, 0.5) is 4.79 Å². The number of rotatable bonds is 8. The number of furan rings is 1. The molecule has 0 spiro atoms. The second-order valence-corrected chi connectivity index (χ2v) is 5.80. The third-order valence-electron chi connectivity index (χ3n) is 3.60. The van der Waals surface area contributed by atoms with Crippen LogP contribution in [-0.4, -0.2) is 44.7 Å². The zero-order valence-electron chi connectivity index (χ0n) is 14.4. The Kier molecular flexibility index (Phi) is 6.69. The summed E-state index contributed by atoms with van der Waals surface area (Å²) < 4.78 is 11.0. The molecule has 130 valence electrons. The van der Waals surface area contributed by atoms with E-state index in [1.165, 1.54) is 0 Å². The summed E-state index contributed by atoms with van der Waals surface area (Å²) in [5, 5.41) is 5.64. The van der Waals surface area contributed by atoms with Crippen LogP contribution in [-0.2, 0) is 0 Å². The summed E-state index contributed by atoms with van der Waals surface area (Å²) >= 11 is 0. The van der Waals surface area contributed by atoms with Crippen molar-refractivity contribution < 1.29 is 13.9 Å². The summed E-state index contributed by atoms with van der Waals surface area (Å²) in [5.41, 5.74) is 1.14. The molecule has 1 heterocycles. The molecule has 1 unspecified atom stereocenters. The lowest BCUT2D eigenvalue weighted by Gasteiger charge is -2.22. The highest BCUT2D eigenvalue weighted by Crippen LogP contribution is 2.17. The van der Waals surface area contributed by atoms with E-state index < -0.39 is 0 Å². The van der Waals surface area contributed by atoms with Crippen molar-refractivity contribution in [2.75, 3.05) is 33.8 Å². The molecule has 0 fully saturated rings. The molecule has 2 rings (SSSR count). The van der Waals surface area contributed by atoms with Gasteiger partial charge in [-0.15, -0.1) is 0 Å². The average Bonchev–Trinajstić information content (AvgIpc) is 3.06. The molecule has 0 aliphatic rings. The third-order valence-corrected chi connectivity index (χ3v) is 3.60. The van der Waals surface area contributed by atoms with E-state index in [0.717, 1.165) is 17.1 Å². The fourth-order valence-corrected chi connectivity index (χ4v) is 2.31. The van der Waals surface area contributed by atoms with Crippen LogP contribution < -0.4 is 15.4 Å². The minimum absolute atomic E-state index is 0.00528. The van der Waals surface area contributed by atoms with Crippen molar-refractivity contribution in [1.82, 2.24) is 15.5 Å². The molecular formula is C18H25N3O3. The Morgan fingerprint density at radius 3 is 2.75 bits per heavy atom. The van der Waals surface area contributed by atoms with Crippen LogP contribution in [0.25, 0.3) is 0 Å². The zero-order valence-corrected chi connectivity index (χ0v) is 14.4. The molecule has 1 aromatic heterocycles. The number of benzene rings is 1. The van der Waals surface area contributed by atoms with Gasteiger partial charge in [-0.1, -0.05) is 12.1 Å². The molecule has 0 bridgehead atoms. The predicted molar refractivity (Wildman–Crippen MR) is 93.2 cm³/mol. The average molecular weight is 331 g/mol. The first-order valence-electron chi connectivity index (χ1n) is 7.97. The van der Waals surface area contributed by atoms with E-state index in [9.17, 15) is 4.79 Å². The van der Waals surface area contributed by atoms with Crippen LogP contribution >= 0.6 is 0 Å². The Hall–Kier alpha value is -2.47. The zero-order chi connectivity index (χ0) is 17.4. The largest absolute Gasteiger partial charge is 0.492 e. The monoisotopic (exact) mass is 331 g/mol. The van der Waals surface area contributed by atoms with Crippen LogP contribution in [0.15, 0.2) is 47.1 Å². The van der Waals surface area contributed by atoms with Gasteiger partial charge in [0.1, 0.15) is 18.1 Å². The maximum atomic E-state index is 11.9. The van der Waals surface area contributed by atoms with Gasteiger partial charge in [0.25, 0.3) is 0 Å². The lowest BCUT2D eigenvalue weighted by Crippen LogP contribution is -2.41. The standard InChI is InChI=1S/C18H25N3O3/c1-14-6-4-7-15(12-14)23-11-9-19-18(22)20-13-16(21(2)3)17-8-5-10-24-17/h4-8,10,12,16H,9,11,13H2,1-3H3,(H2,19,20,22). The first-order valence-corrected chi connectivity index (χ1v) is 7.97. The quantitative estimate of drug-likeness (QED) is 0.730. The van der Waals surface area contributed by atoms with Gasteiger partial charge < -0.3 is 19.8 Å². The number of urea groups is 1. The molecule has 6 heteroatoms. The van der Waals surface area contributed by atoms with Gasteiger partial charge in [0.15, 0.2) is 0 Å². The van der Waals surface area contributed by atoms with Gasteiger partial charge >= 0.3 is 6.03 Å². The Balaban J connectivity index is 1.67. The number of aryl methyl sites for hydroxylation is 1. The lowest BCUT2D eigenvalue weighted by molar-refractivity contribution is 0.222. The molecule has 0 saturated heterocycles. The molecule has 0 aliphatic heterocycles. The molecule has 1 atom stereocenters. The van der Waals surface area contributed by atoms with E-state index in [4.69, 9.17) is 9.15 Å². The lowest BCUT2D eigenvalue weighted by atomic mass is 10.2. The van der Waals surface area contributed by atoms with Crippen molar-refractivity contribution in [1.29, 1.82) is 0 Å². The summed E-state index contributed by atoms with van der Waals surface area (Å²) in [6.45, 7) is 3.34. The second kappa shape index (κ2) is 8.98. The van der Waals surface area contributed by atoms with Gasteiger partial charge in [-0.25, -0.2) is 4.79 Å². The Bertz CT molecular complexity index is 626. The smallest absolute Gasteiger partial charge is 0.314 e. The molecule has 0 saturated carbocycles. The molecule has 0 radical (unpaired) electrons. The third kappa shape index (κ3) is 5.62. The Labute approximate surface area is 142 Å². The van der Waals surface area contributed by atoms with Crippen molar-refractivity contribution in [3.05, 3.63) is 54.0 Å². The van der Waals surface area contributed by atoms with Crippen molar-refractivity contribution in [3.8, 4) is 5.75 Å². The summed E-state index contributed by atoms with van der Waals surface area (Å²) in [5.74, 6) is 1.63. The summed E-state index contributed by atoms with van der Waals surface area (Å²) in [4.78, 5) is 13.9. The van der Waals surface area contributed by atoms with Crippen molar-refractivity contribution in [2.45, 2.75) is 13.0 Å². The van der Waals surface area contributed by atoms with E-state index in [2.05, 4.69) is 10.6 Å². The number of likely N-dealkylation sites (N-methyl/N-ethyl adjacent to an activating group) is 1. The Morgan fingerprint density at radius 1 is 1.25 bits per heavy atom. The van der Waals surface area contributed by atoms with Crippen molar-refractivity contribution in [3.63, 3.8) is 0 Å². The summed E-state index contributed by atoms with van der Waals surface area (Å²) in [7, 11) is 3.89. The summed E-state index contributed by atoms with van der Waals surface area (Å²) in [6.07, 6.45) is 1.63. The number of carbonyl (C=O) groups is 1. The van der Waals surface area contributed by atoms with Gasteiger partial charge in [-0.05, 0) is 50.8 Å². The van der Waals surface area contributed by atoms with Gasteiger partial charge in [-0.2, -0.15) is 0 Å². The van der Waals surface area contributed by atoms with Crippen LogP contribution in [0.1, 0.15) is 17.4 Å². The maximum Gasteiger partial charge on any atom is 0.314 e. The first kappa shape index (κ1) is 17.9. The number of carbonyl (C=O) groups excluding carboxylic acids is 1. The van der Waals surface area contributed by atoms with Crippen molar-refractivity contribution in [2.24, 2.45) is 0 Å². The molecule has 24 heavy (non-hydrogen) atoms. The summed E-state index contributed by atoms with van der Waals surface area (Å²) in [6, 6.07) is 11.3. The molecular weight excluding hydrogens is 306 g/mol. The Morgan fingerprint density at radius 2 is 2.08 bits per heavy atom. The fourth-order valence-electron chi connectivity index (χ4n) is 2.31. The van der Waals surface area contributed by atoms with Gasteiger partial charge in [-0.3, -0.25) is 4.90 Å². The minimum Gasteiger partial charge on any atom is -0.492 e. The topological polar surface area (TPSA) is 66.7 Å². The van der Waals surface area contributed by atoms with E-state index >= 15 is 0 Å². The van der Waals surface area contributed by atoms with Gasteiger partial charge in [0, 0.05) is 6.54 Å². The van der Waals surface area contributed by atoms with Crippen LogP contribution in [0.2, 0.25) is 0 Å². The van der Waals surface area contributed by atoms with Crippen LogP contribution in [0, 0.1) is 6.92 Å². The van der Waals surface area contributed by atoms with Crippen LogP contribution in [0.5, 0.6) is 5.75 Å². The number of amides is 2. The first-order chi connectivity index (χ1) is 11.6. The molecule has 0 aliphatic carbocycles. The molecule has 6 nitrogen and oxygen atoms in total.